The molecule has 0 aliphatic rings. The molecule has 0 atom stereocenters. The van der Waals surface area contributed by atoms with Crippen molar-refractivity contribution in [1.29, 1.82) is 0 Å². The van der Waals surface area contributed by atoms with Crippen molar-refractivity contribution >= 4 is 11.6 Å². The molecule has 0 amide bonds. The van der Waals surface area contributed by atoms with E-state index in [1.165, 1.54) is 0 Å². The molecule has 0 unspecified atom stereocenters. The number of hydrogen-bond donors (Lipinski definition) is 1. The Hall–Kier alpha value is -0.570. The van der Waals surface area contributed by atoms with Crippen LogP contribution in [0.4, 0.5) is 0 Å². The molecular weight excluding hydrogens is 232 g/mol. The van der Waals surface area contributed by atoms with Crippen LogP contribution >= 0.6 is 11.6 Å². The highest BCUT2D eigenvalue weighted by Crippen LogP contribution is 2.18. The Bertz CT molecular complexity index is 348. The summed E-state index contributed by atoms with van der Waals surface area (Å²) in [6.07, 6.45) is 1.99. The van der Waals surface area contributed by atoms with E-state index in [2.05, 4.69) is 31.9 Å². The average molecular weight is 255 g/mol. The van der Waals surface area contributed by atoms with Gasteiger partial charge in [-0.1, -0.05) is 43.6 Å². The van der Waals surface area contributed by atoms with Crippen molar-refractivity contribution < 1.29 is 0 Å². The third-order valence-corrected chi connectivity index (χ3v) is 3.76. The molecule has 17 heavy (non-hydrogen) atoms. The fraction of sp³-hybridized carbons (Fsp3) is 0.571. The smallest absolute Gasteiger partial charge is 0.0451 e. The Morgan fingerprint density at radius 1 is 1.24 bits per heavy atom. The van der Waals surface area contributed by atoms with Crippen LogP contribution in [-0.2, 0) is 6.54 Å². The van der Waals surface area contributed by atoms with Crippen molar-refractivity contribution in [2.45, 2.75) is 38.8 Å². The molecule has 3 heteroatoms. The predicted molar refractivity (Wildman–Crippen MR) is 75.3 cm³/mol. The van der Waals surface area contributed by atoms with E-state index in [4.69, 9.17) is 17.3 Å². The van der Waals surface area contributed by atoms with Crippen molar-refractivity contribution in [3.05, 3.63) is 34.9 Å². The van der Waals surface area contributed by atoms with Gasteiger partial charge in [-0.05, 0) is 31.5 Å². The molecule has 0 aliphatic carbocycles. The van der Waals surface area contributed by atoms with E-state index in [1.54, 1.807) is 0 Å². The van der Waals surface area contributed by atoms with Crippen LogP contribution in [0, 0.1) is 0 Å². The zero-order valence-corrected chi connectivity index (χ0v) is 11.8. The first kappa shape index (κ1) is 14.5. The van der Waals surface area contributed by atoms with Gasteiger partial charge in [-0.3, -0.25) is 0 Å². The molecule has 2 N–H and O–H groups in total. The fourth-order valence-corrected chi connectivity index (χ4v) is 2.18. The normalized spacial score (nSPS) is 12.1. The predicted octanol–water partition coefficient (Wildman–Crippen LogP) is 3.29. The minimum absolute atomic E-state index is 0.0873. The summed E-state index contributed by atoms with van der Waals surface area (Å²) in [4.78, 5) is 2.24. The summed E-state index contributed by atoms with van der Waals surface area (Å²) in [5.74, 6) is 0. The van der Waals surface area contributed by atoms with Gasteiger partial charge in [0.2, 0.25) is 0 Å². The quantitative estimate of drug-likeness (QED) is 0.844. The summed E-state index contributed by atoms with van der Waals surface area (Å²) in [5, 5.41) is 0.829. The Morgan fingerprint density at radius 2 is 1.82 bits per heavy atom. The highest BCUT2D eigenvalue weighted by Gasteiger charge is 2.22. The van der Waals surface area contributed by atoms with Gasteiger partial charge in [0.25, 0.3) is 0 Å². The highest BCUT2D eigenvalue weighted by molar-refractivity contribution is 6.31. The first-order valence-electron chi connectivity index (χ1n) is 6.21. The summed E-state index contributed by atoms with van der Waals surface area (Å²) < 4.78 is 0. The maximum Gasteiger partial charge on any atom is 0.0451 e. The van der Waals surface area contributed by atoms with Gasteiger partial charge in [0.1, 0.15) is 0 Å². The summed E-state index contributed by atoms with van der Waals surface area (Å²) in [5.41, 5.74) is 7.39. The van der Waals surface area contributed by atoms with Gasteiger partial charge in [-0.2, -0.15) is 0 Å². The second-order valence-corrected chi connectivity index (χ2v) is 5.24. The average Bonchev–Trinajstić information content (AvgIpc) is 2.32. The van der Waals surface area contributed by atoms with E-state index in [1.807, 2.05) is 18.2 Å². The molecule has 0 bridgehead atoms. The maximum absolute atomic E-state index is 6.31. The largest absolute Gasteiger partial charge is 0.324 e. The maximum atomic E-state index is 6.31. The van der Waals surface area contributed by atoms with Crippen LogP contribution < -0.4 is 5.73 Å². The first-order valence-corrected chi connectivity index (χ1v) is 6.59. The molecule has 2 nitrogen and oxygen atoms in total. The fourth-order valence-electron chi connectivity index (χ4n) is 1.98. The topological polar surface area (TPSA) is 29.3 Å². The van der Waals surface area contributed by atoms with Gasteiger partial charge in [0.15, 0.2) is 0 Å². The van der Waals surface area contributed by atoms with Crippen LogP contribution in [0.2, 0.25) is 5.02 Å². The molecule has 0 fully saturated rings. The van der Waals surface area contributed by atoms with Crippen LogP contribution in [0.15, 0.2) is 24.3 Å². The molecular formula is C14H23ClN2. The summed E-state index contributed by atoms with van der Waals surface area (Å²) >= 11 is 6.15. The Morgan fingerprint density at radius 3 is 2.35 bits per heavy atom. The molecule has 1 aromatic carbocycles. The van der Waals surface area contributed by atoms with E-state index in [-0.39, 0.29) is 5.54 Å². The highest BCUT2D eigenvalue weighted by atomic mass is 35.5. The SMILES string of the molecule is CCC(N)(CC)CN(C)Cc1ccccc1Cl. The second kappa shape index (κ2) is 6.39. The monoisotopic (exact) mass is 254 g/mol. The molecule has 0 spiro atoms. The Kier molecular flexibility index (Phi) is 5.44. The van der Waals surface area contributed by atoms with Gasteiger partial charge in [-0.25, -0.2) is 0 Å². The number of halogens is 1. The van der Waals surface area contributed by atoms with Crippen LogP contribution in [0.1, 0.15) is 32.3 Å². The van der Waals surface area contributed by atoms with E-state index in [0.29, 0.717) is 0 Å². The molecule has 1 aromatic rings. The number of nitrogens with zero attached hydrogens (tertiary/aromatic N) is 1. The number of likely N-dealkylation sites (N-methyl/N-ethyl adjacent to an activating group) is 1. The zero-order chi connectivity index (χ0) is 12.9. The van der Waals surface area contributed by atoms with E-state index in [9.17, 15) is 0 Å². The molecule has 1 rings (SSSR count). The zero-order valence-electron chi connectivity index (χ0n) is 11.0. The lowest BCUT2D eigenvalue weighted by Crippen LogP contribution is -2.48. The minimum Gasteiger partial charge on any atom is -0.324 e. The van der Waals surface area contributed by atoms with Gasteiger partial charge in [0, 0.05) is 23.7 Å². The lowest BCUT2D eigenvalue weighted by molar-refractivity contribution is 0.228. The number of hydrogen-bond acceptors (Lipinski definition) is 2. The molecule has 0 saturated carbocycles. The van der Waals surface area contributed by atoms with Crippen LogP contribution in [0.25, 0.3) is 0 Å². The molecule has 0 heterocycles. The van der Waals surface area contributed by atoms with Gasteiger partial charge < -0.3 is 10.6 Å². The van der Waals surface area contributed by atoms with Gasteiger partial charge in [0.05, 0.1) is 0 Å². The van der Waals surface area contributed by atoms with Crippen LogP contribution in [-0.4, -0.2) is 24.0 Å². The van der Waals surface area contributed by atoms with Crippen molar-refractivity contribution in [3.8, 4) is 0 Å². The van der Waals surface area contributed by atoms with Crippen molar-refractivity contribution in [2.75, 3.05) is 13.6 Å². The van der Waals surface area contributed by atoms with Crippen molar-refractivity contribution in [3.63, 3.8) is 0 Å². The van der Waals surface area contributed by atoms with Crippen molar-refractivity contribution in [1.82, 2.24) is 4.90 Å². The van der Waals surface area contributed by atoms with Crippen molar-refractivity contribution in [2.24, 2.45) is 5.73 Å². The van der Waals surface area contributed by atoms with Gasteiger partial charge >= 0.3 is 0 Å². The van der Waals surface area contributed by atoms with Crippen LogP contribution in [0.3, 0.4) is 0 Å². The molecule has 0 aliphatic heterocycles. The van der Waals surface area contributed by atoms with E-state index in [0.717, 1.165) is 36.5 Å². The minimum atomic E-state index is -0.0873. The lowest BCUT2D eigenvalue weighted by atomic mass is 9.93. The third-order valence-electron chi connectivity index (χ3n) is 3.39. The van der Waals surface area contributed by atoms with Gasteiger partial charge in [-0.15, -0.1) is 0 Å². The van der Waals surface area contributed by atoms with E-state index >= 15 is 0 Å². The summed E-state index contributed by atoms with van der Waals surface area (Å²) in [7, 11) is 2.09. The van der Waals surface area contributed by atoms with E-state index < -0.39 is 0 Å². The Balaban J connectivity index is 2.61. The summed E-state index contributed by atoms with van der Waals surface area (Å²) in [6.45, 7) is 6.03. The first-order chi connectivity index (χ1) is 8.00. The molecule has 0 saturated heterocycles. The molecule has 0 aromatic heterocycles. The number of benzene rings is 1. The van der Waals surface area contributed by atoms with Crippen LogP contribution in [0.5, 0.6) is 0 Å². The standard InChI is InChI=1S/C14H23ClN2/c1-4-14(16,5-2)11-17(3)10-12-8-6-7-9-13(12)15/h6-9H,4-5,10-11,16H2,1-3H3. The summed E-state index contributed by atoms with van der Waals surface area (Å²) in [6, 6.07) is 7.97. The Labute approximate surface area is 110 Å². The second-order valence-electron chi connectivity index (χ2n) is 4.83. The number of rotatable bonds is 6. The molecule has 96 valence electrons. The third kappa shape index (κ3) is 4.30. The lowest BCUT2D eigenvalue weighted by Gasteiger charge is -2.32. The number of nitrogens with two attached hydrogens (primary N) is 1. The molecule has 0 radical (unpaired) electrons.